The molecule has 2 fully saturated rings. The molecule has 2 aliphatic rings. The average molecular weight is 184 g/mol. The number of hydrogen-bond donors (Lipinski definition) is 0. The third-order valence-corrected chi connectivity index (χ3v) is 4.72. The van der Waals surface area contributed by atoms with Crippen LogP contribution in [0, 0.1) is 17.3 Å². The molecule has 0 aromatic rings. The van der Waals surface area contributed by atoms with E-state index in [0.29, 0.717) is 5.41 Å². The Morgan fingerprint density at radius 1 is 1.33 bits per heavy atom. The van der Waals surface area contributed by atoms with Crippen molar-refractivity contribution in [3.05, 3.63) is 0 Å². The van der Waals surface area contributed by atoms with Crippen molar-refractivity contribution in [1.29, 1.82) is 0 Å². The molecular weight excluding hydrogens is 164 g/mol. The van der Waals surface area contributed by atoms with Crippen molar-refractivity contribution in [3.8, 4) is 0 Å². The van der Waals surface area contributed by atoms with Crippen molar-refractivity contribution in [2.24, 2.45) is 17.3 Å². The standard InChI is InChI=1S/C11H20S/c1-11(2,3)7-8-6-10-9(8)4-5-12-10/h8-10H,4-7H2,1-3H3. The topological polar surface area (TPSA) is 0 Å². The van der Waals surface area contributed by atoms with Gasteiger partial charge in [0.1, 0.15) is 0 Å². The molecular formula is C11H20S. The molecule has 12 heavy (non-hydrogen) atoms. The zero-order chi connectivity index (χ0) is 8.77. The number of hydrogen-bond acceptors (Lipinski definition) is 1. The lowest BCUT2D eigenvalue weighted by Gasteiger charge is -2.43. The minimum atomic E-state index is 0.558. The number of thioether (sulfide) groups is 1. The van der Waals surface area contributed by atoms with Crippen molar-refractivity contribution >= 4 is 11.8 Å². The monoisotopic (exact) mass is 184 g/mol. The first-order chi connectivity index (χ1) is 5.56. The molecule has 2 rings (SSSR count). The van der Waals surface area contributed by atoms with Gasteiger partial charge in [0.05, 0.1) is 0 Å². The van der Waals surface area contributed by atoms with E-state index in [-0.39, 0.29) is 0 Å². The van der Waals surface area contributed by atoms with E-state index in [1.165, 1.54) is 25.0 Å². The maximum absolute atomic E-state index is 2.38. The lowest BCUT2D eigenvalue weighted by molar-refractivity contribution is 0.132. The van der Waals surface area contributed by atoms with Crippen molar-refractivity contribution in [2.75, 3.05) is 5.75 Å². The van der Waals surface area contributed by atoms with Crippen molar-refractivity contribution < 1.29 is 0 Å². The van der Waals surface area contributed by atoms with Gasteiger partial charge in [0.25, 0.3) is 0 Å². The Balaban J connectivity index is 1.85. The molecule has 0 nitrogen and oxygen atoms in total. The lowest BCUT2D eigenvalue weighted by Crippen LogP contribution is -2.37. The van der Waals surface area contributed by atoms with Gasteiger partial charge in [0.2, 0.25) is 0 Å². The van der Waals surface area contributed by atoms with Crippen LogP contribution in [0.2, 0.25) is 0 Å². The normalized spacial score (nSPS) is 40.8. The van der Waals surface area contributed by atoms with Crippen LogP contribution >= 0.6 is 11.8 Å². The molecule has 1 saturated heterocycles. The van der Waals surface area contributed by atoms with Crippen LogP contribution in [-0.4, -0.2) is 11.0 Å². The molecule has 0 bridgehead atoms. The summed E-state index contributed by atoms with van der Waals surface area (Å²) >= 11 is 2.22. The maximum atomic E-state index is 2.38. The van der Waals surface area contributed by atoms with Crippen LogP contribution in [0.25, 0.3) is 0 Å². The van der Waals surface area contributed by atoms with Gasteiger partial charge in [-0.05, 0) is 42.3 Å². The zero-order valence-electron chi connectivity index (χ0n) is 8.47. The average Bonchev–Trinajstić information content (AvgIpc) is 2.24. The maximum Gasteiger partial charge on any atom is 0.00810 e. The Labute approximate surface area is 80.5 Å². The summed E-state index contributed by atoms with van der Waals surface area (Å²) < 4.78 is 0. The highest BCUT2D eigenvalue weighted by Gasteiger charge is 2.45. The molecule has 0 aromatic carbocycles. The quantitative estimate of drug-likeness (QED) is 0.600. The van der Waals surface area contributed by atoms with Crippen LogP contribution in [0.4, 0.5) is 0 Å². The Morgan fingerprint density at radius 3 is 2.67 bits per heavy atom. The minimum absolute atomic E-state index is 0.558. The van der Waals surface area contributed by atoms with Gasteiger partial charge < -0.3 is 0 Å². The smallest absolute Gasteiger partial charge is 0.00810 e. The molecule has 3 unspecified atom stereocenters. The summed E-state index contributed by atoms with van der Waals surface area (Å²) in [5.74, 6) is 3.62. The summed E-state index contributed by atoms with van der Waals surface area (Å²) in [5, 5.41) is 1.07. The molecule has 1 aliphatic heterocycles. The zero-order valence-corrected chi connectivity index (χ0v) is 9.29. The fraction of sp³-hybridized carbons (Fsp3) is 1.00. The predicted molar refractivity (Wildman–Crippen MR) is 56.5 cm³/mol. The molecule has 0 radical (unpaired) electrons. The van der Waals surface area contributed by atoms with E-state index in [9.17, 15) is 0 Å². The first-order valence-electron chi connectivity index (χ1n) is 5.18. The largest absolute Gasteiger partial charge is 0.158 e. The van der Waals surface area contributed by atoms with E-state index in [2.05, 4.69) is 32.5 Å². The van der Waals surface area contributed by atoms with Crippen LogP contribution in [-0.2, 0) is 0 Å². The van der Waals surface area contributed by atoms with Gasteiger partial charge in [-0.2, -0.15) is 11.8 Å². The molecule has 1 heterocycles. The summed E-state index contributed by atoms with van der Waals surface area (Å²) in [5.41, 5.74) is 0.558. The second-order valence-electron chi connectivity index (χ2n) is 5.62. The van der Waals surface area contributed by atoms with E-state index in [1.54, 1.807) is 0 Å². The second kappa shape index (κ2) is 2.94. The molecule has 1 saturated carbocycles. The highest BCUT2D eigenvalue weighted by atomic mass is 32.2. The summed E-state index contributed by atoms with van der Waals surface area (Å²) in [4.78, 5) is 0. The minimum Gasteiger partial charge on any atom is -0.158 e. The summed E-state index contributed by atoms with van der Waals surface area (Å²) in [7, 11) is 0. The van der Waals surface area contributed by atoms with E-state index in [4.69, 9.17) is 0 Å². The van der Waals surface area contributed by atoms with Crippen LogP contribution in [0.5, 0.6) is 0 Å². The molecule has 70 valence electrons. The van der Waals surface area contributed by atoms with E-state index < -0.39 is 0 Å². The summed E-state index contributed by atoms with van der Waals surface area (Å²) in [6.07, 6.45) is 4.48. The first kappa shape index (κ1) is 8.93. The molecule has 1 aliphatic carbocycles. The molecule has 0 aromatic heterocycles. The van der Waals surface area contributed by atoms with Gasteiger partial charge in [0, 0.05) is 5.25 Å². The molecule has 3 atom stereocenters. The summed E-state index contributed by atoms with van der Waals surface area (Å²) in [6, 6.07) is 0. The van der Waals surface area contributed by atoms with Crippen LogP contribution in [0.3, 0.4) is 0 Å². The second-order valence-corrected chi connectivity index (χ2v) is 6.97. The Kier molecular flexibility index (Phi) is 2.18. The third-order valence-electron chi connectivity index (χ3n) is 3.28. The van der Waals surface area contributed by atoms with Crippen LogP contribution in [0.15, 0.2) is 0 Å². The predicted octanol–water partition coefficient (Wildman–Crippen LogP) is 3.56. The molecule has 0 spiro atoms. The lowest BCUT2D eigenvalue weighted by atomic mass is 9.66. The Hall–Kier alpha value is 0.350. The molecule has 1 heteroatoms. The fourth-order valence-electron chi connectivity index (χ4n) is 2.75. The van der Waals surface area contributed by atoms with Crippen molar-refractivity contribution in [3.63, 3.8) is 0 Å². The number of rotatable bonds is 1. The molecule has 0 amide bonds. The third kappa shape index (κ3) is 1.66. The van der Waals surface area contributed by atoms with Gasteiger partial charge >= 0.3 is 0 Å². The highest BCUT2D eigenvalue weighted by Crippen LogP contribution is 2.53. The highest BCUT2D eigenvalue weighted by molar-refractivity contribution is 8.00. The SMILES string of the molecule is CC(C)(C)CC1CC2SCCC12. The van der Waals surface area contributed by atoms with Gasteiger partial charge in [-0.15, -0.1) is 0 Å². The van der Waals surface area contributed by atoms with Crippen molar-refractivity contribution in [1.82, 2.24) is 0 Å². The van der Waals surface area contributed by atoms with E-state index in [1.807, 2.05) is 0 Å². The number of fused-ring (bicyclic) bond motifs is 1. The van der Waals surface area contributed by atoms with Crippen LogP contribution in [0.1, 0.15) is 40.0 Å². The van der Waals surface area contributed by atoms with Gasteiger partial charge in [-0.3, -0.25) is 0 Å². The first-order valence-corrected chi connectivity index (χ1v) is 6.23. The van der Waals surface area contributed by atoms with Crippen molar-refractivity contribution in [2.45, 2.75) is 45.3 Å². The van der Waals surface area contributed by atoms with E-state index in [0.717, 1.165) is 17.1 Å². The molecule has 0 N–H and O–H groups in total. The fourth-order valence-corrected chi connectivity index (χ4v) is 4.45. The van der Waals surface area contributed by atoms with Gasteiger partial charge in [-0.1, -0.05) is 20.8 Å². The Bertz CT molecular complexity index is 168. The van der Waals surface area contributed by atoms with E-state index >= 15 is 0 Å². The summed E-state index contributed by atoms with van der Waals surface area (Å²) in [6.45, 7) is 7.13. The van der Waals surface area contributed by atoms with Crippen LogP contribution < -0.4 is 0 Å². The van der Waals surface area contributed by atoms with Gasteiger partial charge in [0.15, 0.2) is 0 Å². The van der Waals surface area contributed by atoms with Gasteiger partial charge in [-0.25, -0.2) is 0 Å². The Morgan fingerprint density at radius 2 is 2.08 bits per heavy atom.